The summed E-state index contributed by atoms with van der Waals surface area (Å²) in [6.45, 7) is 5.19. The summed E-state index contributed by atoms with van der Waals surface area (Å²) in [7, 11) is -3.82. The number of ketones is 1. The molecule has 1 aromatic carbocycles. The molecule has 0 unspecified atom stereocenters. The number of aromatic amines is 1. The third-order valence-electron chi connectivity index (χ3n) is 5.39. The van der Waals surface area contributed by atoms with Crippen LogP contribution in [0.1, 0.15) is 29.3 Å². The van der Waals surface area contributed by atoms with Gasteiger partial charge in [-0.1, -0.05) is 6.92 Å². The molecule has 1 aliphatic heterocycles. The predicted octanol–water partition coefficient (Wildman–Crippen LogP) is 1.61. The molecule has 0 amide bonds. The smallest absolute Gasteiger partial charge is 0.232 e. The number of nitrogens with zero attached hydrogens (tertiary/aromatic N) is 2. The fraction of sp³-hybridized carbons (Fsp3) is 0.333. The van der Waals surface area contributed by atoms with Gasteiger partial charge in [0.1, 0.15) is 11.5 Å². The molecule has 1 aliphatic rings. The molecule has 4 rings (SSSR count). The van der Waals surface area contributed by atoms with E-state index >= 15 is 4.39 Å². The summed E-state index contributed by atoms with van der Waals surface area (Å²) in [5.74, 6) is -3.44. The molecular formula is C21H24F2N5O3S+. The number of anilines is 2. The average Bonchev–Trinajstić information content (AvgIpc) is 3.19. The molecule has 0 radical (unpaired) electrons. The molecule has 2 aromatic heterocycles. The van der Waals surface area contributed by atoms with Gasteiger partial charge >= 0.3 is 0 Å². The first kappa shape index (κ1) is 22.2. The number of halogens is 2. The van der Waals surface area contributed by atoms with Crippen LogP contribution in [0.2, 0.25) is 0 Å². The molecule has 1 saturated heterocycles. The summed E-state index contributed by atoms with van der Waals surface area (Å²) >= 11 is 0. The summed E-state index contributed by atoms with van der Waals surface area (Å²) in [5, 5.41) is 2.65. The van der Waals surface area contributed by atoms with Crippen molar-refractivity contribution in [3.05, 3.63) is 53.4 Å². The molecular weight excluding hydrogens is 440 g/mol. The number of hydrogen-bond acceptors (Lipinski definition) is 5. The molecule has 1 fully saturated rings. The normalized spacial score (nSPS) is 14.7. The fourth-order valence-corrected chi connectivity index (χ4v) is 4.96. The van der Waals surface area contributed by atoms with Gasteiger partial charge < -0.3 is 15.2 Å². The van der Waals surface area contributed by atoms with E-state index in [1.54, 1.807) is 19.2 Å². The molecule has 0 bridgehead atoms. The first-order valence-corrected chi connectivity index (χ1v) is 12.0. The van der Waals surface area contributed by atoms with Gasteiger partial charge in [0.2, 0.25) is 15.8 Å². The minimum Gasteiger partial charge on any atom is -0.359 e. The zero-order chi connectivity index (χ0) is 22.9. The molecule has 170 valence electrons. The van der Waals surface area contributed by atoms with Crippen molar-refractivity contribution in [2.24, 2.45) is 0 Å². The Kier molecular flexibility index (Phi) is 6.11. The molecule has 0 saturated carbocycles. The van der Waals surface area contributed by atoms with Crippen LogP contribution in [0.3, 0.4) is 0 Å². The number of aromatic nitrogens is 2. The number of H-pyrrole nitrogens is 1. The Morgan fingerprint density at radius 3 is 2.75 bits per heavy atom. The Balaban J connectivity index is 1.73. The van der Waals surface area contributed by atoms with E-state index in [1.165, 1.54) is 6.20 Å². The number of piperazine rings is 1. The number of quaternary nitrogens is 1. The van der Waals surface area contributed by atoms with Gasteiger partial charge in [0.15, 0.2) is 5.82 Å². The third-order valence-corrected chi connectivity index (χ3v) is 6.87. The number of fused-ring (bicyclic) bond motifs is 1. The van der Waals surface area contributed by atoms with Crippen LogP contribution < -0.4 is 14.9 Å². The first-order chi connectivity index (χ1) is 15.3. The zero-order valence-corrected chi connectivity index (χ0v) is 18.3. The number of nitrogens with two attached hydrogens (primary N) is 1. The van der Waals surface area contributed by atoms with Gasteiger partial charge in [-0.05, 0) is 24.6 Å². The molecule has 4 N–H and O–H groups in total. The van der Waals surface area contributed by atoms with E-state index in [2.05, 4.69) is 24.9 Å². The minimum atomic E-state index is -3.82. The maximum Gasteiger partial charge on any atom is 0.232 e. The van der Waals surface area contributed by atoms with Gasteiger partial charge in [0, 0.05) is 17.1 Å². The van der Waals surface area contributed by atoms with Gasteiger partial charge in [0.05, 0.1) is 55.1 Å². The van der Waals surface area contributed by atoms with E-state index in [0.717, 1.165) is 44.0 Å². The molecule has 3 heterocycles. The second-order valence-corrected chi connectivity index (χ2v) is 9.52. The number of rotatable bonds is 7. The van der Waals surface area contributed by atoms with Crippen LogP contribution in [-0.4, -0.2) is 56.1 Å². The molecule has 3 aromatic rings. The highest BCUT2D eigenvalue weighted by molar-refractivity contribution is 7.92. The summed E-state index contributed by atoms with van der Waals surface area (Å²) in [5.41, 5.74) is 0.0128. The molecule has 0 aliphatic carbocycles. The van der Waals surface area contributed by atoms with Crippen LogP contribution in [0.25, 0.3) is 11.0 Å². The molecule has 32 heavy (non-hydrogen) atoms. The number of carbonyl (C=O) groups is 1. The lowest BCUT2D eigenvalue weighted by atomic mass is 10.0. The lowest BCUT2D eigenvalue weighted by Crippen LogP contribution is -2.89. The van der Waals surface area contributed by atoms with Crippen LogP contribution in [0.15, 0.2) is 30.6 Å². The zero-order valence-electron chi connectivity index (χ0n) is 17.5. The Hall–Kier alpha value is -3.05. The van der Waals surface area contributed by atoms with Gasteiger partial charge in [-0.3, -0.25) is 9.52 Å². The van der Waals surface area contributed by atoms with E-state index in [-0.39, 0.29) is 11.3 Å². The lowest BCUT2D eigenvalue weighted by Gasteiger charge is -2.26. The van der Waals surface area contributed by atoms with Crippen molar-refractivity contribution < 1.29 is 27.3 Å². The summed E-state index contributed by atoms with van der Waals surface area (Å²) < 4.78 is 55.8. The predicted molar refractivity (Wildman–Crippen MR) is 117 cm³/mol. The highest BCUT2D eigenvalue weighted by Crippen LogP contribution is 2.29. The molecule has 8 nitrogen and oxygen atoms in total. The Morgan fingerprint density at radius 2 is 2.03 bits per heavy atom. The van der Waals surface area contributed by atoms with Gasteiger partial charge in [-0.2, -0.15) is 0 Å². The van der Waals surface area contributed by atoms with Crippen LogP contribution >= 0.6 is 0 Å². The van der Waals surface area contributed by atoms with E-state index in [1.807, 2.05) is 0 Å². The number of hydrogen-bond donors (Lipinski definition) is 3. The van der Waals surface area contributed by atoms with E-state index in [9.17, 15) is 17.6 Å². The topological polar surface area (TPSA) is 112 Å². The highest BCUT2D eigenvalue weighted by atomic mass is 32.2. The third kappa shape index (κ3) is 4.30. The average molecular weight is 465 g/mol. The SMILES string of the molecule is CCCS(=O)(=O)Nc1ccc(F)c(C(=O)c2c[nH]c3ncc(N4CC[NH2+]CC4)cc23)c1F. The van der Waals surface area contributed by atoms with Gasteiger partial charge in [0.25, 0.3) is 0 Å². The van der Waals surface area contributed by atoms with Crippen LogP contribution in [-0.2, 0) is 10.0 Å². The second-order valence-electron chi connectivity index (χ2n) is 7.68. The van der Waals surface area contributed by atoms with Crippen molar-refractivity contribution in [3.8, 4) is 0 Å². The van der Waals surface area contributed by atoms with Gasteiger partial charge in [-0.15, -0.1) is 0 Å². The van der Waals surface area contributed by atoms with Crippen molar-refractivity contribution in [2.45, 2.75) is 13.3 Å². The lowest BCUT2D eigenvalue weighted by molar-refractivity contribution is -0.655. The molecule has 11 heteroatoms. The van der Waals surface area contributed by atoms with Crippen LogP contribution in [0, 0.1) is 11.6 Å². The standard InChI is InChI=1S/C21H23F2N5O3S/c1-2-9-32(30,31)27-17-4-3-16(22)18(19(17)23)20(29)15-12-26-21-14(15)10-13(11-25-21)28-7-5-24-6-8-28/h3-4,10-12,24,27H,2,5-9H2,1H3,(H,25,26)/p+1. The number of carbonyl (C=O) groups excluding carboxylic acids is 1. The summed E-state index contributed by atoms with van der Waals surface area (Å²) in [6.07, 6.45) is 3.38. The molecule has 0 atom stereocenters. The van der Waals surface area contributed by atoms with Crippen LogP contribution in [0.4, 0.5) is 20.2 Å². The van der Waals surface area contributed by atoms with Gasteiger partial charge in [-0.25, -0.2) is 22.2 Å². The second kappa shape index (κ2) is 8.83. The fourth-order valence-electron chi connectivity index (χ4n) is 3.82. The number of benzene rings is 1. The maximum atomic E-state index is 15.1. The van der Waals surface area contributed by atoms with Crippen molar-refractivity contribution in [2.75, 3.05) is 41.6 Å². The van der Waals surface area contributed by atoms with E-state index < -0.39 is 38.7 Å². The van der Waals surface area contributed by atoms with Crippen LogP contribution in [0.5, 0.6) is 0 Å². The van der Waals surface area contributed by atoms with Crippen molar-refractivity contribution >= 4 is 38.2 Å². The maximum absolute atomic E-state index is 15.1. The monoisotopic (exact) mass is 464 g/mol. The Bertz CT molecular complexity index is 1270. The number of sulfonamides is 1. The number of pyridine rings is 1. The Labute approximate surface area is 184 Å². The summed E-state index contributed by atoms with van der Waals surface area (Å²) in [4.78, 5) is 22.5. The van der Waals surface area contributed by atoms with E-state index in [4.69, 9.17) is 0 Å². The highest BCUT2D eigenvalue weighted by Gasteiger charge is 2.26. The Morgan fingerprint density at radius 1 is 1.28 bits per heavy atom. The summed E-state index contributed by atoms with van der Waals surface area (Å²) in [6, 6.07) is 3.63. The minimum absolute atomic E-state index is 0.0595. The first-order valence-electron chi connectivity index (χ1n) is 10.4. The van der Waals surface area contributed by atoms with E-state index in [0.29, 0.717) is 17.5 Å². The quantitative estimate of drug-likeness (QED) is 0.460. The van der Waals surface area contributed by atoms with Crippen molar-refractivity contribution in [3.63, 3.8) is 0 Å². The van der Waals surface area contributed by atoms with Crippen molar-refractivity contribution in [1.82, 2.24) is 9.97 Å². The number of nitrogens with one attached hydrogen (secondary N) is 2. The largest absolute Gasteiger partial charge is 0.359 e. The molecule has 0 spiro atoms. The van der Waals surface area contributed by atoms with Crippen molar-refractivity contribution in [1.29, 1.82) is 0 Å².